The van der Waals surface area contributed by atoms with Crippen molar-refractivity contribution >= 4 is 34.9 Å². The molecule has 0 aliphatic rings. The van der Waals surface area contributed by atoms with Crippen LogP contribution in [0.15, 0.2) is 36.4 Å². The summed E-state index contributed by atoms with van der Waals surface area (Å²) < 4.78 is 23.3. The van der Waals surface area contributed by atoms with E-state index in [0.717, 1.165) is 12.1 Å². The molecule has 10 heteroatoms. The third-order valence-electron chi connectivity index (χ3n) is 3.17. The number of carbonyl (C=O) groups is 2. The molecule has 0 saturated carbocycles. The van der Waals surface area contributed by atoms with Crippen LogP contribution >= 0.6 is 11.6 Å². The van der Waals surface area contributed by atoms with Crippen molar-refractivity contribution in [1.29, 1.82) is 0 Å². The van der Waals surface area contributed by atoms with Gasteiger partial charge >= 0.3 is 5.97 Å². The lowest BCUT2D eigenvalue weighted by Crippen LogP contribution is -2.22. The lowest BCUT2D eigenvalue weighted by atomic mass is 10.2. The number of esters is 1. The van der Waals surface area contributed by atoms with Gasteiger partial charge in [-0.2, -0.15) is 0 Å². The molecule has 0 bridgehead atoms. The fourth-order valence-corrected chi connectivity index (χ4v) is 2.23. The zero-order valence-corrected chi connectivity index (χ0v) is 14.1. The number of nitro benzene ring substituents is 1. The van der Waals surface area contributed by atoms with E-state index in [1.54, 1.807) is 0 Å². The highest BCUT2D eigenvalue weighted by Crippen LogP contribution is 2.28. The molecular formula is C16H12ClFN2O6. The van der Waals surface area contributed by atoms with Gasteiger partial charge in [0, 0.05) is 12.1 Å². The second kappa shape index (κ2) is 8.26. The minimum absolute atomic E-state index is 0.0201. The van der Waals surface area contributed by atoms with Crippen LogP contribution in [0.25, 0.3) is 0 Å². The quantitative estimate of drug-likeness (QED) is 0.467. The number of carbonyl (C=O) groups excluding carboxylic acids is 2. The first-order chi connectivity index (χ1) is 12.3. The van der Waals surface area contributed by atoms with E-state index in [4.69, 9.17) is 21.1 Å². The molecule has 0 spiro atoms. The molecule has 136 valence electrons. The highest BCUT2D eigenvalue weighted by molar-refractivity contribution is 6.33. The Hall–Kier alpha value is -3.20. The van der Waals surface area contributed by atoms with Gasteiger partial charge in [-0.3, -0.25) is 14.9 Å². The molecule has 0 unspecified atom stereocenters. The van der Waals surface area contributed by atoms with Crippen molar-refractivity contribution in [3.8, 4) is 5.75 Å². The van der Waals surface area contributed by atoms with E-state index in [-0.39, 0.29) is 22.1 Å². The summed E-state index contributed by atoms with van der Waals surface area (Å²) in [5.74, 6) is -2.63. The summed E-state index contributed by atoms with van der Waals surface area (Å²) in [6.45, 7) is -0.755. The van der Waals surface area contributed by atoms with Crippen molar-refractivity contribution < 1.29 is 28.4 Å². The topological polar surface area (TPSA) is 108 Å². The van der Waals surface area contributed by atoms with Gasteiger partial charge in [-0.05, 0) is 18.2 Å². The number of ether oxygens (including phenoxy) is 2. The first-order valence-corrected chi connectivity index (χ1v) is 7.44. The zero-order valence-electron chi connectivity index (χ0n) is 13.3. The molecule has 2 aromatic rings. The van der Waals surface area contributed by atoms with Gasteiger partial charge in [-0.25, -0.2) is 9.18 Å². The number of nitro groups is 1. The smallest absolute Gasteiger partial charge is 0.343 e. The third-order valence-corrected chi connectivity index (χ3v) is 3.48. The summed E-state index contributed by atoms with van der Waals surface area (Å²) in [5.41, 5.74) is -0.738. The summed E-state index contributed by atoms with van der Waals surface area (Å²) in [6, 6.07) is 7.24. The average molecular weight is 383 g/mol. The Morgan fingerprint density at radius 1 is 1.31 bits per heavy atom. The number of nitrogens with zero attached hydrogens (tertiary/aromatic N) is 1. The van der Waals surface area contributed by atoms with Crippen LogP contribution in [0.4, 0.5) is 15.8 Å². The van der Waals surface area contributed by atoms with E-state index < -0.39 is 34.8 Å². The van der Waals surface area contributed by atoms with Crippen LogP contribution in [0.2, 0.25) is 5.02 Å². The fourth-order valence-electron chi connectivity index (χ4n) is 1.99. The number of hydrogen-bond acceptors (Lipinski definition) is 6. The number of amides is 1. The molecule has 0 atom stereocenters. The molecule has 0 radical (unpaired) electrons. The Kier molecular flexibility index (Phi) is 6.07. The molecule has 1 amide bonds. The van der Waals surface area contributed by atoms with E-state index in [2.05, 4.69) is 5.32 Å². The van der Waals surface area contributed by atoms with Crippen molar-refractivity contribution in [2.24, 2.45) is 0 Å². The second-order valence-electron chi connectivity index (χ2n) is 4.86. The van der Waals surface area contributed by atoms with Gasteiger partial charge in [0.05, 0.1) is 22.7 Å². The number of halogens is 2. The first-order valence-electron chi connectivity index (χ1n) is 7.07. The summed E-state index contributed by atoms with van der Waals surface area (Å²) in [5, 5.41) is 13.0. The van der Waals surface area contributed by atoms with Crippen LogP contribution in [0, 0.1) is 15.9 Å². The van der Waals surface area contributed by atoms with Gasteiger partial charge in [-0.15, -0.1) is 0 Å². The summed E-state index contributed by atoms with van der Waals surface area (Å²) in [6.07, 6.45) is 0. The van der Waals surface area contributed by atoms with E-state index in [9.17, 15) is 24.1 Å². The summed E-state index contributed by atoms with van der Waals surface area (Å²) in [4.78, 5) is 34.0. The van der Waals surface area contributed by atoms with Crippen LogP contribution in [0.5, 0.6) is 5.75 Å². The van der Waals surface area contributed by atoms with Crippen LogP contribution < -0.4 is 10.1 Å². The third kappa shape index (κ3) is 4.45. The highest BCUT2D eigenvalue weighted by atomic mass is 35.5. The maximum absolute atomic E-state index is 13.6. The second-order valence-corrected chi connectivity index (χ2v) is 5.27. The Balaban J connectivity index is 2.06. The van der Waals surface area contributed by atoms with Gasteiger partial charge in [0.25, 0.3) is 11.6 Å². The first kappa shape index (κ1) is 19.1. The van der Waals surface area contributed by atoms with Crippen molar-refractivity contribution in [3.63, 3.8) is 0 Å². The molecular weight excluding hydrogens is 371 g/mol. The van der Waals surface area contributed by atoms with E-state index in [1.807, 2.05) is 0 Å². The fraction of sp³-hybridized carbons (Fsp3) is 0.125. The lowest BCUT2D eigenvalue weighted by molar-refractivity contribution is -0.384. The van der Waals surface area contributed by atoms with E-state index in [0.29, 0.717) is 0 Å². The molecule has 8 nitrogen and oxygen atoms in total. The van der Waals surface area contributed by atoms with E-state index in [1.165, 1.54) is 31.4 Å². The maximum atomic E-state index is 13.6. The lowest BCUT2D eigenvalue weighted by Gasteiger charge is -2.11. The predicted molar refractivity (Wildman–Crippen MR) is 90.0 cm³/mol. The maximum Gasteiger partial charge on any atom is 0.343 e. The van der Waals surface area contributed by atoms with Gasteiger partial charge in [-0.1, -0.05) is 17.7 Å². The van der Waals surface area contributed by atoms with Crippen LogP contribution in [0.3, 0.4) is 0 Å². The molecule has 0 fully saturated rings. The summed E-state index contributed by atoms with van der Waals surface area (Å²) >= 11 is 5.73. The number of non-ortho nitro benzene ring substituents is 1. The Morgan fingerprint density at radius 3 is 2.65 bits per heavy atom. The zero-order chi connectivity index (χ0) is 19.3. The van der Waals surface area contributed by atoms with Crippen molar-refractivity contribution in [2.45, 2.75) is 0 Å². The number of benzene rings is 2. The minimum Gasteiger partial charge on any atom is -0.495 e. The summed E-state index contributed by atoms with van der Waals surface area (Å²) in [7, 11) is 1.32. The molecule has 0 heterocycles. The molecule has 0 aliphatic heterocycles. The minimum atomic E-state index is -1.12. The highest BCUT2D eigenvalue weighted by Gasteiger charge is 2.19. The molecule has 26 heavy (non-hydrogen) atoms. The molecule has 0 saturated heterocycles. The average Bonchev–Trinajstić information content (AvgIpc) is 2.59. The number of anilines is 1. The van der Waals surface area contributed by atoms with Gasteiger partial charge in [0.15, 0.2) is 6.61 Å². The molecule has 0 aromatic heterocycles. The molecule has 0 aliphatic carbocycles. The van der Waals surface area contributed by atoms with Crippen molar-refractivity contribution in [3.05, 3.63) is 62.9 Å². The monoisotopic (exact) mass is 382 g/mol. The molecule has 1 N–H and O–H groups in total. The van der Waals surface area contributed by atoms with Crippen LogP contribution in [0.1, 0.15) is 10.4 Å². The van der Waals surface area contributed by atoms with Gasteiger partial charge in [0.2, 0.25) is 0 Å². The Labute approximate surface area is 151 Å². The van der Waals surface area contributed by atoms with Crippen molar-refractivity contribution in [1.82, 2.24) is 0 Å². The van der Waals surface area contributed by atoms with Gasteiger partial charge in [0.1, 0.15) is 17.1 Å². The Morgan fingerprint density at radius 2 is 2.04 bits per heavy atom. The largest absolute Gasteiger partial charge is 0.495 e. The number of hydrogen-bond donors (Lipinski definition) is 1. The van der Waals surface area contributed by atoms with Crippen molar-refractivity contribution in [2.75, 3.05) is 19.0 Å². The molecule has 2 rings (SSSR count). The normalized spacial score (nSPS) is 10.1. The predicted octanol–water partition coefficient (Wildman–Crippen LogP) is 3.19. The van der Waals surface area contributed by atoms with Gasteiger partial charge < -0.3 is 14.8 Å². The molecule has 2 aromatic carbocycles. The van der Waals surface area contributed by atoms with Crippen LogP contribution in [-0.2, 0) is 9.53 Å². The number of methoxy groups -OCH3 is 1. The number of nitrogens with one attached hydrogen (secondary N) is 1. The SMILES string of the molecule is COc1ccc([N+](=O)[O-])cc1NC(=O)COC(=O)c1c(F)cccc1Cl. The Bertz CT molecular complexity index is 854. The number of rotatable bonds is 6. The van der Waals surface area contributed by atoms with Crippen LogP contribution in [-0.4, -0.2) is 30.5 Å². The van der Waals surface area contributed by atoms with E-state index >= 15 is 0 Å². The standard InChI is InChI=1S/C16H12ClFN2O6/c1-25-13-6-5-9(20(23)24)7-12(13)19-14(21)8-26-16(22)15-10(17)3-2-4-11(15)18/h2-7H,8H2,1H3,(H,19,21).